The molecule has 0 saturated carbocycles. The second-order valence-corrected chi connectivity index (χ2v) is 5.75. The molecule has 2 nitrogen and oxygen atoms in total. The van der Waals surface area contributed by atoms with Crippen molar-refractivity contribution in [3.63, 3.8) is 0 Å². The van der Waals surface area contributed by atoms with Crippen LogP contribution in [0.5, 0.6) is 5.75 Å². The Morgan fingerprint density at radius 1 is 1.15 bits per heavy atom. The average molecular weight is 334 g/mol. The van der Waals surface area contributed by atoms with Gasteiger partial charge in [-0.25, -0.2) is 0 Å². The standard InChI is InChI=1S/C17H20BrNO/c1-3-9-20-17-10-13(2)7-8-16(17)19-12-14-5-4-6-15(18)11-14/h4-8,10-11,19H,3,9,12H2,1-2H3. The molecule has 20 heavy (non-hydrogen) atoms. The van der Waals surface area contributed by atoms with Crippen molar-refractivity contribution in [1.82, 2.24) is 0 Å². The molecule has 0 saturated heterocycles. The first-order valence-corrected chi connectivity index (χ1v) is 7.70. The highest BCUT2D eigenvalue weighted by molar-refractivity contribution is 9.10. The van der Waals surface area contributed by atoms with Gasteiger partial charge in [0.15, 0.2) is 0 Å². The lowest BCUT2D eigenvalue weighted by Crippen LogP contribution is -2.03. The van der Waals surface area contributed by atoms with E-state index in [4.69, 9.17) is 4.74 Å². The van der Waals surface area contributed by atoms with E-state index in [1.54, 1.807) is 0 Å². The largest absolute Gasteiger partial charge is 0.491 e. The molecule has 2 rings (SSSR count). The second-order valence-electron chi connectivity index (χ2n) is 4.83. The van der Waals surface area contributed by atoms with Crippen LogP contribution in [-0.4, -0.2) is 6.61 Å². The van der Waals surface area contributed by atoms with E-state index in [1.165, 1.54) is 11.1 Å². The third-order valence-electron chi connectivity index (χ3n) is 2.97. The van der Waals surface area contributed by atoms with Crippen molar-refractivity contribution in [1.29, 1.82) is 0 Å². The van der Waals surface area contributed by atoms with Gasteiger partial charge in [-0.05, 0) is 48.7 Å². The van der Waals surface area contributed by atoms with Crippen molar-refractivity contribution < 1.29 is 4.74 Å². The Morgan fingerprint density at radius 3 is 2.75 bits per heavy atom. The molecule has 3 heteroatoms. The van der Waals surface area contributed by atoms with E-state index >= 15 is 0 Å². The molecule has 106 valence electrons. The number of rotatable bonds is 6. The summed E-state index contributed by atoms with van der Waals surface area (Å²) in [4.78, 5) is 0. The molecule has 0 unspecified atom stereocenters. The highest BCUT2D eigenvalue weighted by Crippen LogP contribution is 2.26. The van der Waals surface area contributed by atoms with Gasteiger partial charge in [0.25, 0.3) is 0 Å². The first kappa shape index (κ1) is 14.9. The van der Waals surface area contributed by atoms with Crippen molar-refractivity contribution in [3.05, 3.63) is 58.1 Å². The molecule has 0 aliphatic rings. The van der Waals surface area contributed by atoms with Crippen molar-refractivity contribution in [2.24, 2.45) is 0 Å². The Labute approximate surface area is 129 Å². The third-order valence-corrected chi connectivity index (χ3v) is 3.46. The summed E-state index contributed by atoms with van der Waals surface area (Å²) in [7, 11) is 0. The van der Waals surface area contributed by atoms with Crippen LogP contribution in [-0.2, 0) is 6.54 Å². The molecule has 0 aromatic heterocycles. The van der Waals surface area contributed by atoms with Crippen LogP contribution in [0.3, 0.4) is 0 Å². The summed E-state index contributed by atoms with van der Waals surface area (Å²) >= 11 is 3.49. The van der Waals surface area contributed by atoms with Gasteiger partial charge < -0.3 is 10.1 Å². The van der Waals surface area contributed by atoms with E-state index in [9.17, 15) is 0 Å². The Kier molecular flexibility index (Phi) is 5.48. The zero-order valence-electron chi connectivity index (χ0n) is 11.9. The molecular formula is C17H20BrNO. The third kappa shape index (κ3) is 4.27. The molecule has 0 heterocycles. The molecule has 0 aliphatic carbocycles. The van der Waals surface area contributed by atoms with Crippen molar-refractivity contribution in [2.45, 2.75) is 26.8 Å². The maximum absolute atomic E-state index is 5.81. The highest BCUT2D eigenvalue weighted by Gasteiger charge is 2.04. The maximum atomic E-state index is 5.81. The molecule has 0 radical (unpaired) electrons. The van der Waals surface area contributed by atoms with E-state index in [0.29, 0.717) is 0 Å². The first-order chi connectivity index (χ1) is 9.69. The number of hydrogen-bond acceptors (Lipinski definition) is 2. The number of aryl methyl sites for hydroxylation is 1. The molecule has 0 spiro atoms. The van der Waals surface area contributed by atoms with Crippen LogP contribution < -0.4 is 10.1 Å². The lowest BCUT2D eigenvalue weighted by Gasteiger charge is -2.14. The van der Waals surface area contributed by atoms with E-state index in [-0.39, 0.29) is 0 Å². The average Bonchev–Trinajstić information content (AvgIpc) is 2.44. The first-order valence-electron chi connectivity index (χ1n) is 6.91. The normalized spacial score (nSPS) is 10.3. The van der Waals surface area contributed by atoms with Gasteiger partial charge in [-0.1, -0.05) is 41.1 Å². The van der Waals surface area contributed by atoms with E-state index in [0.717, 1.165) is 35.5 Å². The maximum Gasteiger partial charge on any atom is 0.142 e. The van der Waals surface area contributed by atoms with Gasteiger partial charge in [0.1, 0.15) is 5.75 Å². The van der Waals surface area contributed by atoms with Gasteiger partial charge in [-0.2, -0.15) is 0 Å². The quantitative estimate of drug-likeness (QED) is 0.788. The minimum atomic E-state index is 0.745. The summed E-state index contributed by atoms with van der Waals surface area (Å²) < 4.78 is 6.91. The smallest absolute Gasteiger partial charge is 0.142 e. The molecule has 2 aromatic rings. The zero-order chi connectivity index (χ0) is 14.4. The monoisotopic (exact) mass is 333 g/mol. The molecule has 0 aliphatic heterocycles. The predicted octanol–water partition coefficient (Wildman–Crippen LogP) is 5.16. The second kappa shape index (κ2) is 7.34. The number of halogens is 1. The van der Waals surface area contributed by atoms with Gasteiger partial charge in [-0.15, -0.1) is 0 Å². The minimum absolute atomic E-state index is 0.745. The number of anilines is 1. The van der Waals surface area contributed by atoms with Gasteiger partial charge in [-0.3, -0.25) is 0 Å². The molecule has 0 fully saturated rings. The van der Waals surface area contributed by atoms with Crippen LogP contribution in [0.15, 0.2) is 46.9 Å². The van der Waals surface area contributed by atoms with E-state index < -0.39 is 0 Å². The number of benzene rings is 2. The minimum Gasteiger partial charge on any atom is -0.491 e. The zero-order valence-corrected chi connectivity index (χ0v) is 13.5. The SMILES string of the molecule is CCCOc1cc(C)ccc1NCc1cccc(Br)c1. The fourth-order valence-corrected chi connectivity index (χ4v) is 2.40. The summed E-state index contributed by atoms with van der Waals surface area (Å²) in [5.41, 5.74) is 3.49. The summed E-state index contributed by atoms with van der Waals surface area (Å²) in [5.74, 6) is 0.932. The summed E-state index contributed by atoms with van der Waals surface area (Å²) in [6.07, 6.45) is 1.01. The van der Waals surface area contributed by atoms with Crippen molar-refractivity contribution >= 4 is 21.6 Å². The topological polar surface area (TPSA) is 21.3 Å². The van der Waals surface area contributed by atoms with Crippen LogP contribution in [0.4, 0.5) is 5.69 Å². The Bertz CT molecular complexity index is 569. The van der Waals surface area contributed by atoms with E-state index in [2.05, 4.69) is 65.4 Å². The number of nitrogens with one attached hydrogen (secondary N) is 1. The van der Waals surface area contributed by atoms with Gasteiger partial charge in [0.2, 0.25) is 0 Å². The number of hydrogen-bond donors (Lipinski definition) is 1. The fraction of sp³-hybridized carbons (Fsp3) is 0.294. The van der Waals surface area contributed by atoms with Crippen LogP contribution >= 0.6 is 15.9 Å². The molecular weight excluding hydrogens is 314 g/mol. The molecule has 0 atom stereocenters. The highest BCUT2D eigenvalue weighted by atomic mass is 79.9. The molecule has 0 amide bonds. The van der Waals surface area contributed by atoms with Crippen LogP contribution in [0.1, 0.15) is 24.5 Å². The van der Waals surface area contributed by atoms with Crippen molar-refractivity contribution in [2.75, 3.05) is 11.9 Å². The van der Waals surface area contributed by atoms with Crippen molar-refractivity contribution in [3.8, 4) is 5.75 Å². The molecule has 0 bridgehead atoms. The Hall–Kier alpha value is -1.48. The van der Waals surface area contributed by atoms with Gasteiger partial charge in [0, 0.05) is 11.0 Å². The lowest BCUT2D eigenvalue weighted by molar-refractivity contribution is 0.318. The van der Waals surface area contributed by atoms with Crippen LogP contribution in [0.25, 0.3) is 0 Å². The van der Waals surface area contributed by atoms with E-state index in [1.807, 2.05) is 12.1 Å². The van der Waals surface area contributed by atoms with Crippen LogP contribution in [0.2, 0.25) is 0 Å². The van der Waals surface area contributed by atoms with Gasteiger partial charge in [0.05, 0.1) is 12.3 Å². The summed E-state index contributed by atoms with van der Waals surface area (Å²) in [5, 5.41) is 3.45. The molecule has 2 aromatic carbocycles. The summed E-state index contributed by atoms with van der Waals surface area (Å²) in [6.45, 7) is 5.72. The molecule has 1 N–H and O–H groups in total. The number of ether oxygens (including phenoxy) is 1. The fourth-order valence-electron chi connectivity index (χ4n) is 1.95. The predicted molar refractivity (Wildman–Crippen MR) is 88.4 cm³/mol. The Balaban J connectivity index is 2.08. The van der Waals surface area contributed by atoms with Gasteiger partial charge >= 0.3 is 0 Å². The van der Waals surface area contributed by atoms with Crippen LogP contribution in [0, 0.1) is 6.92 Å². The summed E-state index contributed by atoms with van der Waals surface area (Å²) in [6, 6.07) is 14.6. The lowest BCUT2D eigenvalue weighted by atomic mass is 10.2. The Morgan fingerprint density at radius 2 is 2.00 bits per heavy atom.